The first kappa shape index (κ1) is 12.8. The maximum absolute atomic E-state index is 4.70. The smallest absolute Gasteiger partial charge is 0.175 e. The molecule has 0 aliphatic rings. The summed E-state index contributed by atoms with van der Waals surface area (Å²) in [6.45, 7) is 0. The molecule has 1 aromatic heterocycles. The molecule has 0 spiro atoms. The van der Waals surface area contributed by atoms with Crippen LogP contribution in [-0.2, 0) is 0 Å². The zero-order chi connectivity index (χ0) is 5.28. The second-order valence-electron chi connectivity index (χ2n) is 0.927. The van der Waals surface area contributed by atoms with Crippen LogP contribution in [0.3, 0.4) is 0 Å². The van der Waals surface area contributed by atoms with Gasteiger partial charge in [-0.05, 0) is 24.4 Å². The Morgan fingerprint density at radius 2 is 1.33 bits per heavy atom. The van der Waals surface area contributed by atoms with Gasteiger partial charge in [0.25, 0.3) is 0 Å². The molecule has 1 heterocycles. The Labute approximate surface area is 90.8 Å². The van der Waals surface area contributed by atoms with Crippen LogP contribution >= 0.6 is 35.8 Å². The van der Waals surface area contributed by atoms with Crippen LogP contribution in [0, 0.1) is 7.91 Å². The molecule has 40 valence electrons. The van der Waals surface area contributed by atoms with Gasteiger partial charge in [-0.1, -0.05) is 11.3 Å². The SMILES string of the molecule is S=c1[nH][nH]c(=S)s1.[Li].[Li]. The van der Waals surface area contributed by atoms with Gasteiger partial charge in [0.05, 0.1) is 0 Å². The summed E-state index contributed by atoms with van der Waals surface area (Å²) in [6, 6.07) is 0. The summed E-state index contributed by atoms with van der Waals surface area (Å²) in [5.41, 5.74) is 0. The zero-order valence-electron chi connectivity index (χ0n) is 5.22. The summed E-state index contributed by atoms with van der Waals surface area (Å²) in [4.78, 5) is 0. The number of aromatic nitrogens is 2. The average molecular weight is 164 g/mol. The molecule has 0 unspecified atom stereocenters. The Morgan fingerprint density at radius 3 is 1.44 bits per heavy atom. The molecule has 0 fully saturated rings. The largest absolute Gasteiger partial charge is 0.281 e. The van der Waals surface area contributed by atoms with E-state index >= 15 is 0 Å². The van der Waals surface area contributed by atoms with Crippen molar-refractivity contribution in [3.05, 3.63) is 7.91 Å². The van der Waals surface area contributed by atoms with E-state index in [9.17, 15) is 0 Å². The molecule has 0 aliphatic heterocycles. The molecule has 1 aromatic rings. The molecule has 0 saturated carbocycles. The van der Waals surface area contributed by atoms with E-state index in [1.807, 2.05) is 0 Å². The Hall–Kier alpha value is 1.19. The minimum Gasteiger partial charge on any atom is -0.281 e. The van der Waals surface area contributed by atoms with Crippen molar-refractivity contribution in [2.45, 2.75) is 0 Å². The predicted octanol–water partition coefficient (Wildman–Crippen LogP) is 1.10. The molecule has 0 aliphatic carbocycles. The van der Waals surface area contributed by atoms with Crippen molar-refractivity contribution >= 4 is 73.5 Å². The molecular weight excluding hydrogens is 162 g/mol. The zero-order valence-corrected chi connectivity index (χ0v) is 7.67. The van der Waals surface area contributed by atoms with Gasteiger partial charge in [-0.25, -0.2) is 0 Å². The molecule has 0 saturated heterocycles. The fourth-order valence-corrected chi connectivity index (χ4v) is 1.37. The quantitative estimate of drug-likeness (QED) is 0.444. The summed E-state index contributed by atoms with van der Waals surface area (Å²) in [5.74, 6) is 0. The first-order chi connectivity index (χ1) is 3.29. The van der Waals surface area contributed by atoms with Crippen molar-refractivity contribution in [2.24, 2.45) is 0 Å². The van der Waals surface area contributed by atoms with Crippen LogP contribution in [0.1, 0.15) is 0 Å². The van der Waals surface area contributed by atoms with Crippen molar-refractivity contribution in [3.8, 4) is 0 Å². The number of nitrogens with one attached hydrogen (secondary N) is 2. The minimum atomic E-state index is 0. The van der Waals surface area contributed by atoms with Crippen molar-refractivity contribution in [2.75, 3.05) is 0 Å². The van der Waals surface area contributed by atoms with Gasteiger partial charge >= 0.3 is 0 Å². The van der Waals surface area contributed by atoms with E-state index in [1.165, 1.54) is 11.3 Å². The summed E-state index contributed by atoms with van der Waals surface area (Å²) in [5, 5.41) is 5.34. The molecule has 0 bridgehead atoms. The van der Waals surface area contributed by atoms with Gasteiger partial charge in [-0.15, -0.1) is 0 Å². The summed E-state index contributed by atoms with van der Waals surface area (Å²) >= 11 is 10.8. The van der Waals surface area contributed by atoms with Crippen LogP contribution in [0.15, 0.2) is 0 Å². The standard InChI is InChI=1S/C2H2N2S3.2Li/c5-1-3-4-2(6)7-1;;/h(H,3,5)(H,4,6);;. The third kappa shape index (κ3) is 4.58. The maximum Gasteiger partial charge on any atom is 0.175 e. The molecule has 0 atom stereocenters. The van der Waals surface area contributed by atoms with Gasteiger partial charge in [0.1, 0.15) is 0 Å². The summed E-state index contributed by atoms with van der Waals surface area (Å²) in [6.07, 6.45) is 0. The van der Waals surface area contributed by atoms with E-state index in [0.717, 1.165) is 0 Å². The van der Waals surface area contributed by atoms with E-state index in [0.29, 0.717) is 7.91 Å². The van der Waals surface area contributed by atoms with Crippen LogP contribution < -0.4 is 0 Å². The van der Waals surface area contributed by atoms with E-state index in [-0.39, 0.29) is 37.7 Å². The van der Waals surface area contributed by atoms with Crippen LogP contribution in [0.25, 0.3) is 0 Å². The Balaban J connectivity index is 0. The van der Waals surface area contributed by atoms with Crippen molar-refractivity contribution < 1.29 is 0 Å². The number of hydrogen-bond acceptors (Lipinski definition) is 3. The topological polar surface area (TPSA) is 31.6 Å². The van der Waals surface area contributed by atoms with Gasteiger partial charge in [0, 0.05) is 37.7 Å². The van der Waals surface area contributed by atoms with Crippen LogP contribution in [-0.4, -0.2) is 47.9 Å². The first-order valence-electron chi connectivity index (χ1n) is 1.57. The predicted molar refractivity (Wildman–Crippen MR) is 46.2 cm³/mol. The Morgan fingerprint density at radius 1 is 1.00 bits per heavy atom. The van der Waals surface area contributed by atoms with E-state index < -0.39 is 0 Å². The molecule has 9 heavy (non-hydrogen) atoms. The second-order valence-corrected chi connectivity index (χ2v) is 3.28. The third-order valence-electron chi connectivity index (χ3n) is 0.452. The van der Waals surface area contributed by atoms with Gasteiger partial charge < -0.3 is 0 Å². The van der Waals surface area contributed by atoms with Gasteiger partial charge in [0.2, 0.25) is 0 Å². The first-order valence-corrected chi connectivity index (χ1v) is 3.20. The van der Waals surface area contributed by atoms with Gasteiger partial charge in [-0.2, -0.15) is 0 Å². The fraction of sp³-hybridized carbons (Fsp3) is 0. The molecule has 2 nitrogen and oxygen atoms in total. The minimum absolute atomic E-state index is 0. The molecule has 2 radical (unpaired) electrons. The summed E-state index contributed by atoms with van der Waals surface area (Å²) < 4.78 is 1.40. The third-order valence-corrected chi connectivity index (χ3v) is 1.73. The van der Waals surface area contributed by atoms with Crippen molar-refractivity contribution in [1.29, 1.82) is 0 Å². The molecule has 2 N–H and O–H groups in total. The van der Waals surface area contributed by atoms with E-state index in [1.54, 1.807) is 0 Å². The van der Waals surface area contributed by atoms with Crippen molar-refractivity contribution in [1.82, 2.24) is 10.2 Å². The monoisotopic (exact) mass is 164 g/mol. The Bertz CT molecular complexity index is 222. The summed E-state index contributed by atoms with van der Waals surface area (Å²) in [7, 11) is 0. The normalized spacial score (nSPS) is 7.11. The second kappa shape index (κ2) is 5.94. The van der Waals surface area contributed by atoms with Crippen LogP contribution in [0.5, 0.6) is 0 Å². The van der Waals surface area contributed by atoms with E-state index in [2.05, 4.69) is 10.2 Å². The van der Waals surface area contributed by atoms with Crippen molar-refractivity contribution in [3.63, 3.8) is 0 Å². The number of aromatic amines is 2. The van der Waals surface area contributed by atoms with Gasteiger partial charge in [-0.3, -0.25) is 10.2 Å². The van der Waals surface area contributed by atoms with Crippen LogP contribution in [0.2, 0.25) is 0 Å². The van der Waals surface area contributed by atoms with Gasteiger partial charge in [0.15, 0.2) is 7.91 Å². The maximum atomic E-state index is 4.70. The number of H-pyrrole nitrogens is 2. The molecular formula is C2H2Li2N2S3. The average Bonchev–Trinajstić information content (AvgIpc) is 1.87. The Kier molecular flexibility index (Phi) is 8.47. The number of rotatable bonds is 0. The van der Waals surface area contributed by atoms with Crippen LogP contribution in [0.4, 0.5) is 0 Å². The fourth-order valence-electron chi connectivity index (χ4n) is 0.237. The molecule has 7 heteroatoms. The number of hydrogen-bond donors (Lipinski definition) is 2. The molecule has 1 rings (SSSR count). The molecule has 0 aromatic carbocycles. The molecule has 0 amide bonds. The van der Waals surface area contributed by atoms with E-state index in [4.69, 9.17) is 24.4 Å².